The highest BCUT2D eigenvalue weighted by Crippen LogP contribution is 2.18. The van der Waals surface area contributed by atoms with Gasteiger partial charge >= 0.3 is 0 Å². The van der Waals surface area contributed by atoms with Gasteiger partial charge in [0.1, 0.15) is 0 Å². The van der Waals surface area contributed by atoms with Crippen molar-refractivity contribution >= 4 is 11.6 Å². The average Bonchev–Trinajstić information content (AvgIpc) is 2.62. The lowest BCUT2D eigenvalue weighted by molar-refractivity contribution is -0.895. The monoisotopic (exact) mass is 352 g/mol. The van der Waals surface area contributed by atoms with Gasteiger partial charge in [0.25, 0.3) is 5.91 Å². The summed E-state index contributed by atoms with van der Waals surface area (Å²) >= 11 is 0. The van der Waals surface area contributed by atoms with Crippen molar-refractivity contribution in [3.63, 3.8) is 0 Å². The van der Waals surface area contributed by atoms with Gasteiger partial charge in [-0.2, -0.15) is 0 Å². The minimum atomic E-state index is 0.222. The molecule has 3 rings (SSSR count). The highest BCUT2D eigenvalue weighted by Gasteiger charge is 2.29. The molecule has 1 unspecified atom stereocenters. The van der Waals surface area contributed by atoms with Gasteiger partial charge in [-0.1, -0.05) is 42.5 Å². The van der Waals surface area contributed by atoms with Crippen molar-refractivity contribution < 1.29 is 9.69 Å². The molecule has 0 aliphatic carbocycles. The Labute approximate surface area is 157 Å². The maximum absolute atomic E-state index is 12.6. The summed E-state index contributed by atoms with van der Waals surface area (Å²) in [5, 5.41) is 0. The number of benzene rings is 2. The molecule has 1 saturated heterocycles. The Hall–Kier alpha value is -2.33. The Morgan fingerprint density at radius 3 is 2.65 bits per heavy atom. The van der Waals surface area contributed by atoms with Crippen molar-refractivity contribution in [1.82, 2.24) is 4.90 Å². The number of nitrogens with one attached hydrogen (secondary N) is 1. The van der Waals surface area contributed by atoms with Crippen molar-refractivity contribution in [1.29, 1.82) is 0 Å². The Balaban J connectivity index is 1.53. The van der Waals surface area contributed by atoms with Crippen molar-refractivity contribution in [2.75, 3.05) is 38.1 Å². The van der Waals surface area contributed by atoms with E-state index in [2.05, 4.69) is 55.1 Å². The molecule has 4 nitrogen and oxygen atoms in total. The fraction of sp³-hybridized carbons (Fsp3) is 0.409. The normalized spacial score (nSPS) is 20.0. The maximum atomic E-state index is 12.6. The second-order valence-electron chi connectivity index (χ2n) is 7.50. The highest BCUT2D eigenvalue weighted by atomic mass is 16.2. The summed E-state index contributed by atoms with van der Waals surface area (Å²) in [6, 6.07) is 19.3. The van der Waals surface area contributed by atoms with Crippen LogP contribution in [0.3, 0.4) is 0 Å². The molecule has 1 aliphatic heterocycles. The van der Waals surface area contributed by atoms with Gasteiger partial charge in [0, 0.05) is 19.3 Å². The zero-order chi connectivity index (χ0) is 18.5. The third-order valence-electron chi connectivity index (χ3n) is 5.25. The van der Waals surface area contributed by atoms with Gasteiger partial charge in [-0.15, -0.1) is 0 Å². The van der Waals surface area contributed by atoms with E-state index in [1.54, 1.807) is 0 Å². The van der Waals surface area contributed by atoms with Crippen LogP contribution >= 0.6 is 0 Å². The molecule has 1 N–H and O–H groups in total. The molecular weight excluding hydrogens is 322 g/mol. The lowest BCUT2D eigenvalue weighted by Gasteiger charge is -2.39. The van der Waals surface area contributed by atoms with E-state index in [-0.39, 0.29) is 5.91 Å². The van der Waals surface area contributed by atoms with Gasteiger partial charge in [0.15, 0.2) is 6.54 Å². The number of aryl methyl sites for hydroxylation is 1. The van der Waals surface area contributed by atoms with Gasteiger partial charge in [-0.05, 0) is 37.1 Å². The van der Waals surface area contributed by atoms with Crippen LogP contribution in [-0.2, 0) is 11.3 Å². The topological polar surface area (TPSA) is 28.0 Å². The lowest BCUT2D eigenvalue weighted by atomic mass is 10.1. The predicted octanol–water partition coefficient (Wildman–Crippen LogP) is 1.75. The maximum Gasteiger partial charge on any atom is 0.277 e. The number of piperazine rings is 1. The number of rotatable bonds is 5. The molecule has 4 heteroatoms. The Bertz CT molecular complexity index is 731. The van der Waals surface area contributed by atoms with Gasteiger partial charge in [-0.3, -0.25) is 4.79 Å². The third-order valence-corrected chi connectivity index (χ3v) is 5.25. The van der Waals surface area contributed by atoms with Crippen LogP contribution in [0.5, 0.6) is 0 Å². The molecule has 1 heterocycles. The molecule has 0 radical (unpaired) electrons. The van der Waals surface area contributed by atoms with E-state index in [0.717, 1.165) is 19.6 Å². The number of quaternary nitrogens is 1. The van der Waals surface area contributed by atoms with Crippen LogP contribution in [0, 0.1) is 6.92 Å². The number of carbonyl (C=O) groups excluding carboxylic acids is 1. The van der Waals surface area contributed by atoms with Crippen LogP contribution in [0.4, 0.5) is 5.69 Å². The molecular formula is C22H30N3O+. The third kappa shape index (κ3) is 4.64. The SMILES string of the molecule is Cc1cccc(N2CC[NH+](CC(=O)N(C)Cc3ccccc3)C[C@H]2C)c1. The van der Waals surface area contributed by atoms with Crippen molar-refractivity contribution in [2.24, 2.45) is 0 Å². The van der Waals surface area contributed by atoms with Crippen LogP contribution in [0.25, 0.3) is 0 Å². The van der Waals surface area contributed by atoms with E-state index in [1.165, 1.54) is 21.7 Å². The molecule has 0 aromatic heterocycles. The first kappa shape index (κ1) is 18.5. The fourth-order valence-corrected chi connectivity index (χ4v) is 3.77. The molecule has 138 valence electrons. The zero-order valence-corrected chi connectivity index (χ0v) is 16.1. The van der Waals surface area contributed by atoms with Crippen molar-refractivity contribution in [3.05, 3.63) is 65.7 Å². The van der Waals surface area contributed by atoms with E-state index in [0.29, 0.717) is 19.1 Å². The summed E-state index contributed by atoms with van der Waals surface area (Å²) in [7, 11) is 1.90. The van der Waals surface area contributed by atoms with Crippen LogP contribution < -0.4 is 9.80 Å². The smallest absolute Gasteiger partial charge is 0.277 e. The standard InChI is InChI=1S/C22H29N3O/c1-18-8-7-11-21(14-18)25-13-12-24(15-19(25)2)17-22(26)23(3)16-20-9-5-4-6-10-20/h4-11,14,19H,12-13,15-17H2,1-3H3/p+1/t19-/m1/s1. The van der Waals surface area contributed by atoms with E-state index in [1.807, 2.05) is 30.1 Å². The number of hydrogen-bond donors (Lipinski definition) is 1. The minimum absolute atomic E-state index is 0.222. The molecule has 2 aromatic rings. The van der Waals surface area contributed by atoms with Crippen LogP contribution in [0.1, 0.15) is 18.1 Å². The first-order chi connectivity index (χ1) is 12.5. The summed E-state index contributed by atoms with van der Waals surface area (Å²) in [4.78, 5) is 18.3. The summed E-state index contributed by atoms with van der Waals surface area (Å²) in [5.74, 6) is 0.222. The number of nitrogens with zero attached hydrogens (tertiary/aromatic N) is 2. The molecule has 0 spiro atoms. The number of likely N-dealkylation sites (N-methyl/N-ethyl adjacent to an activating group) is 1. The zero-order valence-electron chi connectivity index (χ0n) is 16.1. The molecule has 1 aliphatic rings. The largest absolute Gasteiger partial charge is 0.358 e. The van der Waals surface area contributed by atoms with Crippen LogP contribution in [0.15, 0.2) is 54.6 Å². The highest BCUT2D eigenvalue weighted by molar-refractivity contribution is 5.76. The molecule has 1 fully saturated rings. The minimum Gasteiger partial charge on any atom is -0.358 e. The first-order valence-electron chi connectivity index (χ1n) is 9.47. The molecule has 1 amide bonds. The predicted molar refractivity (Wildman–Crippen MR) is 106 cm³/mol. The van der Waals surface area contributed by atoms with E-state index < -0.39 is 0 Å². The summed E-state index contributed by atoms with van der Waals surface area (Å²) < 4.78 is 0. The quantitative estimate of drug-likeness (QED) is 0.888. The summed E-state index contributed by atoms with van der Waals surface area (Å²) in [6.45, 7) is 8.65. The number of hydrogen-bond acceptors (Lipinski definition) is 2. The second kappa shape index (κ2) is 8.37. The first-order valence-corrected chi connectivity index (χ1v) is 9.47. The van der Waals surface area contributed by atoms with E-state index >= 15 is 0 Å². The van der Waals surface area contributed by atoms with E-state index in [4.69, 9.17) is 0 Å². The average molecular weight is 353 g/mol. The van der Waals surface area contributed by atoms with Crippen molar-refractivity contribution in [2.45, 2.75) is 26.4 Å². The molecule has 0 saturated carbocycles. The second-order valence-corrected chi connectivity index (χ2v) is 7.50. The van der Waals surface area contributed by atoms with Gasteiger partial charge in [0.2, 0.25) is 0 Å². The summed E-state index contributed by atoms with van der Waals surface area (Å²) in [6.07, 6.45) is 0. The van der Waals surface area contributed by atoms with Crippen LogP contribution in [-0.4, -0.2) is 50.1 Å². The number of carbonyl (C=O) groups is 1. The Morgan fingerprint density at radius 2 is 1.96 bits per heavy atom. The Morgan fingerprint density at radius 1 is 1.19 bits per heavy atom. The van der Waals surface area contributed by atoms with Gasteiger partial charge < -0.3 is 14.7 Å². The number of anilines is 1. The van der Waals surface area contributed by atoms with E-state index in [9.17, 15) is 4.79 Å². The Kier molecular flexibility index (Phi) is 5.94. The number of amides is 1. The van der Waals surface area contributed by atoms with Gasteiger partial charge in [-0.25, -0.2) is 0 Å². The molecule has 2 aromatic carbocycles. The molecule has 26 heavy (non-hydrogen) atoms. The van der Waals surface area contributed by atoms with Crippen molar-refractivity contribution in [3.8, 4) is 0 Å². The fourth-order valence-electron chi connectivity index (χ4n) is 3.77. The van der Waals surface area contributed by atoms with Crippen LogP contribution in [0.2, 0.25) is 0 Å². The summed E-state index contributed by atoms with van der Waals surface area (Å²) in [5.41, 5.74) is 3.77. The lowest BCUT2D eigenvalue weighted by Crippen LogP contribution is -3.16. The molecule has 2 atom stereocenters. The van der Waals surface area contributed by atoms with Gasteiger partial charge in [0.05, 0.1) is 25.7 Å². The molecule has 0 bridgehead atoms.